The van der Waals surface area contributed by atoms with Crippen molar-refractivity contribution in [1.82, 2.24) is 45.0 Å². The molecular formula is C47H61N9O7S. The molecule has 0 radical (unpaired) electrons. The molecule has 2 fully saturated rings. The van der Waals surface area contributed by atoms with Crippen LogP contribution in [0.15, 0.2) is 54.6 Å². The maximum Gasteiger partial charge on any atom is 0.324 e. The van der Waals surface area contributed by atoms with Gasteiger partial charge in [-0.2, -0.15) is 0 Å². The van der Waals surface area contributed by atoms with Crippen LogP contribution in [-0.4, -0.2) is 136 Å². The second-order valence-corrected chi connectivity index (χ2v) is 19.1. The Labute approximate surface area is 378 Å². The Morgan fingerprint density at radius 1 is 1.09 bits per heavy atom. The van der Waals surface area contributed by atoms with Crippen molar-refractivity contribution in [3.63, 3.8) is 0 Å². The van der Waals surface area contributed by atoms with E-state index in [-0.39, 0.29) is 37.0 Å². The summed E-state index contributed by atoms with van der Waals surface area (Å²) in [6.07, 6.45) is 4.42. The number of thiazole rings is 1. The van der Waals surface area contributed by atoms with Crippen molar-refractivity contribution in [2.45, 2.75) is 84.5 Å². The van der Waals surface area contributed by atoms with E-state index in [9.17, 15) is 24.0 Å². The summed E-state index contributed by atoms with van der Waals surface area (Å²) in [6.45, 7) is 15.2. The number of nitrogens with one attached hydrogen (secondary N) is 2. The lowest BCUT2D eigenvalue weighted by Gasteiger charge is -2.39. The third-order valence-corrected chi connectivity index (χ3v) is 13.5. The standard InChI is InChI=1S/C47H61N9O7S/c1-10-39(57)54-19-21-55(22-20-54)46(61)53(8)41(28(2)3)43(58)50-35-24-38-49-36(26-64-38)30-15-16-37-32(23-30)33(42(52(37)7)31-13-11-17-48-40(31)29(4)62-9)25-47(5,6)27-63-45(60)34-14-12-18-56(51-34)44(35)59/h10-11,13,15-17,23,26,28-29,34-35,41,51H,1,12,14,18-22,24-25,27H2,2-9H3,(H,50,58)/t29-,34-,35-,41-/m0/s1. The quantitative estimate of drug-likeness (QED) is 0.179. The van der Waals surface area contributed by atoms with Gasteiger partial charge in [-0.1, -0.05) is 40.3 Å². The van der Waals surface area contributed by atoms with Crippen molar-refractivity contribution in [3.05, 3.63) is 70.8 Å². The Balaban J connectivity index is 1.24. The van der Waals surface area contributed by atoms with Crippen molar-refractivity contribution in [2.24, 2.45) is 18.4 Å². The lowest BCUT2D eigenvalue weighted by atomic mass is 9.84. The number of carbonyl (C=O) groups excluding carboxylic acids is 5. The number of piperazine rings is 1. The van der Waals surface area contributed by atoms with E-state index in [0.29, 0.717) is 57.0 Å². The van der Waals surface area contributed by atoms with Gasteiger partial charge >= 0.3 is 12.0 Å². The highest BCUT2D eigenvalue weighted by Gasteiger charge is 2.39. The van der Waals surface area contributed by atoms with Crippen LogP contribution in [0.1, 0.15) is 69.8 Å². The largest absolute Gasteiger partial charge is 0.464 e. The monoisotopic (exact) mass is 895 g/mol. The molecule has 0 aliphatic carbocycles. The molecule has 0 spiro atoms. The van der Waals surface area contributed by atoms with Gasteiger partial charge in [-0.05, 0) is 68.0 Å². The first-order valence-corrected chi connectivity index (χ1v) is 22.9. The van der Waals surface area contributed by atoms with Gasteiger partial charge in [0.2, 0.25) is 11.8 Å². The molecule has 0 unspecified atom stereocenters. The lowest BCUT2D eigenvalue weighted by Crippen LogP contribution is -2.63. The van der Waals surface area contributed by atoms with Crippen molar-refractivity contribution in [2.75, 3.05) is 53.5 Å². The lowest BCUT2D eigenvalue weighted by molar-refractivity contribution is -0.155. The van der Waals surface area contributed by atoms with Crippen LogP contribution < -0.4 is 10.7 Å². The van der Waals surface area contributed by atoms with Gasteiger partial charge in [0.1, 0.15) is 18.1 Å². The number of aromatic nitrogens is 3. The van der Waals surface area contributed by atoms with Gasteiger partial charge in [0, 0.05) is 99.4 Å². The minimum Gasteiger partial charge on any atom is -0.464 e. The average molecular weight is 896 g/mol. The molecule has 3 aliphatic heterocycles. The summed E-state index contributed by atoms with van der Waals surface area (Å²) in [6, 6.07) is 7.15. The molecule has 2 saturated heterocycles. The molecule has 1 aromatic carbocycles. The van der Waals surface area contributed by atoms with E-state index in [4.69, 9.17) is 19.4 Å². The number of esters is 1. The van der Waals surface area contributed by atoms with Crippen LogP contribution in [0.5, 0.6) is 0 Å². The molecule has 3 aliphatic rings. The number of carbonyl (C=O) groups is 5. The Kier molecular flexibility index (Phi) is 13.9. The number of cyclic esters (lactones) is 1. The average Bonchev–Trinajstić information content (AvgIpc) is 3.87. The highest BCUT2D eigenvalue weighted by molar-refractivity contribution is 7.10. The van der Waals surface area contributed by atoms with Crippen LogP contribution in [0.2, 0.25) is 0 Å². The number of likely N-dealkylation sites (N-methyl/N-ethyl adjacent to an activating group) is 1. The number of aryl methyl sites for hydroxylation is 1. The zero-order valence-corrected chi connectivity index (χ0v) is 39.0. The summed E-state index contributed by atoms with van der Waals surface area (Å²) < 4.78 is 14.0. The Morgan fingerprint density at radius 2 is 1.83 bits per heavy atom. The summed E-state index contributed by atoms with van der Waals surface area (Å²) in [4.78, 5) is 83.3. The number of hydrazine groups is 1. The van der Waals surface area contributed by atoms with Gasteiger partial charge < -0.3 is 34.1 Å². The van der Waals surface area contributed by atoms with Crippen molar-refractivity contribution >= 4 is 52.0 Å². The van der Waals surface area contributed by atoms with Crippen LogP contribution in [0.4, 0.5) is 4.79 Å². The first kappa shape index (κ1) is 46.3. The van der Waals surface area contributed by atoms with Crippen LogP contribution in [0.25, 0.3) is 33.4 Å². The van der Waals surface area contributed by atoms with E-state index in [1.807, 2.05) is 38.3 Å². The molecule has 4 aromatic rings. The normalized spacial score (nSPS) is 20.4. The van der Waals surface area contributed by atoms with Crippen LogP contribution in [0, 0.1) is 11.3 Å². The number of hydrogen-bond donors (Lipinski definition) is 2. The molecule has 5 amide bonds. The number of amides is 5. The van der Waals surface area contributed by atoms with E-state index >= 15 is 0 Å². The second-order valence-electron chi connectivity index (χ2n) is 18.2. The number of benzene rings is 1. The smallest absolute Gasteiger partial charge is 0.324 e. The second kappa shape index (κ2) is 19.2. The van der Waals surface area contributed by atoms with Crippen LogP contribution in [0.3, 0.4) is 0 Å². The number of ether oxygens (including phenoxy) is 2. The molecule has 7 rings (SSSR count). The summed E-state index contributed by atoms with van der Waals surface area (Å²) in [5, 5.41) is 8.05. The highest BCUT2D eigenvalue weighted by atomic mass is 32.1. The van der Waals surface area contributed by atoms with Gasteiger partial charge in [-0.15, -0.1) is 11.3 Å². The first-order chi connectivity index (χ1) is 30.5. The van der Waals surface area contributed by atoms with Crippen molar-refractivity contribution in [1.29, 1.82) is 0 Å². The molecule has 4 atom stereocenters. The fourth-order valence-electron chi connectivity index (χ4n) is 9.14. The van der Waals surface area contributed by atoms with Gasteiger partial charge in [0.15, 0.2) is 0 Å². The van der Waals surface area contributed by atoms with Crippen LogP contribution in [-0.2, 0) is 48.5 Å². The summed E-state index contributed by atoms with van der Waals surface area (Å²) in [5.74, 6) is -1.89. The van der Waals surface area contributed by atoms with E-state index < -0.39 is 41.3 Å². The minimum absolute atomic E-state index is 0.0724. The molecule has 6 heterocycles. The number of nitrogens with zero attached hydrogens (tertiary/aromatic N) is 7. The third kappa shape index (κ3) is 9.56. The van der Waals surface area contributed by atoms with Gasteiger partial charge in [0.05, 0.1) is 34.8 Å². The van der Waals surface area contributed by atoms with E-state index in [0.717, 1.165) is 44.7 Å². The van der Waals surface area contributed by atoms with Crippen molar-refractivity contribution < 1.29 is 33.4 Å². The molecule has 3 aromatic heterocycles. The van der Waals surface area contributed by atoms with Gasteiger partial charge in [0.25, 0.3) is 5.91 Å². The molecule has 6 bridgehead atoms. The first-order valence-electron chi connectivity index (χ1n) is 22.0. The SMILES string of the molecule is C=CC(=O)N1CCN(C(=O)N(C)[C@H](C(=O)N[C@H]2Cc3nc(cs3)-c3ccc4c(c3)c(c(-c3cccnc3[C@H](C)OC)n4C)CC(C)(C)COC(=O)[C@@H]3CCCN(N3)C2=O)C(C)C)CC1. The topological polar surface area (TPSA) is 172 Å². The highest BCUT2D eigenvalue weighted by Crippen LogP contribution is 2.41. The number of urea groups is 1. The number of hydrogen-bond acceptors (Lipinski definition) is 11. The van der Waals surface area contributed by atoms with E-state index in [1.165, 1.54) is 27.3 Å². The molecule has 0 saturated carbocycles. The molecule has 16 nitrogen and oxygen atoms in total. The Hall–Kier alpha value is -5.65. The molecule has 2 N–H and O–H groups in total. The zero-order chi connectivity index (χ0) is 46.0. The van der Waals surface area contributed by atoms with Gasteiger partial charge in [-0.25, -0.2) is 15.2 Å². The fourth-order valence-corrected chi connectivity index (χ4v) is 9.99. The van der Waals surface area contributed by atoms with E-state index in [2.05, 4.69) is 61.0 Å². The number of pyridine rings is 1. The maximum absolute atomic E-state index is 14.6. The molecule has 17 heteroatoms. The third-order valence-electron chi connectivity index (χ3n) is 12.6. The Morgan fingerprint density at radius 3 is 2.53 bits per heavy atom. The molecule has 64 heavy (non-hydrogen) atoms. The number of methoxy groups -OCH3 is 1. The van der Waals surface area contributed by atoms with E-state index in [1.54, 1.807) is 30.2 Å². The fraction of sp³-hybridized carbons (Fsp3) is 0.511. The van der Waals surface area contributed by atoms with Gasteiger partial charge in [-0.3, -0.25) is 29.2 Å². The molecular weight excluding hydrogens is 835 g/mol. The van der Waals surface area contributed by atoms with Crippen molar-refractivity contribution in [3.8, 4) is 22.5 Å². The predicted molar refractivity (Wildman–Crippen MR) is 245 cm³/mol. The minimum atomic E-state index is -1.08. The number of fused-ring (bicyclic) bond motifs is 6. The molecule has 342 valence electrons. The zero-order valence-electron chi connectivity index (χ0n) is 38.2. The summed E-state index contributed by atoms with van der Waals surface area (Å²) >= 11 is 1.40. The number of rotatable bonds is 8. The predicted octanol–water partition coefficient (Wildman–Crippen LogP) is 5.13. The van der Waals surface area contributed by atoms with Crippen LogP contribution >= 0.6 is 11.3 Å². The maximum atomic E-state index is 14.6. The Bertz CT molecular complexity index is 2420. The summed E-state index contributed by atoms with van der Waals surface area (Å²) in [5.41, 5.74) is 9.11. The summed E-state index contributed by atoms with van der Waals surface area (Å²) in [7, 11) is 5.31.